The number of anilines is 1. The van der Waals surface area contributed by atoms with Crippen LogP contribution in [-0.2, 0) is 19.1 Å². The molecule has 0 saturated carbocycles. The molecular formula is C18H23N3O6. The number of nitrogens with one attached hydrogen (secondary N) is 1. The van der Waals surface area contributed by atoms with Gasteiger partial charge < -0.3 is 19.5 Å². The van der Waals surface area contributed by atoms with Crippen molar-refractivity contribution < 1.29 is 28.6 Å². The number of carbonyl (C=O) groups is 3. The molecule has 9 nitrogen and oxygen atoms in total. The number of aromatic nitrogens is 1. The Balaban J connectivity index is 1.94. The monoisotopic (exact) mass is 377 g/mol. The van der Waals surface area contributed by atoms with Crippen molar-refractivity contribution in [1.82, 2.24) is 9.88 Å². The maximum atomic E-state index is 12.8. The third-order valence-electron chi connectivity index (χ3n) is 4.38. The molecule has 2 amide bonds. The number of rotatable bonds is 1. The lowest BCUT2D eigenvalue weighted by molar-refractivity contribution is -0.145. The molecule has 1 N–H and O–H groups in total. The van der Waals surface area contributed by atoms with E-state index < -0.39 is 35.2 Å². The third-order valence-corrected chi connectivity index (χ3v) is 4.38. The van der Waals surface area contributed by atoms with E-state index in [1.165, 1.54) is 12.0 Å². The number of hydrogen-bond donors (Lipinski definition) is 1. The number of fused-ring (bicyclic) bond motifs is 1. The summed E-state index contributed by atoms with van der Waals surface area (Å²) < 4.78 is 16.1. The molecule has 1 spiro atoms. The summed E-state index contributed by atoms with van der Waals surface area (Å²) in [5.41, 5.74) is -1.04. The third kappa shape index (κ3) is 3.54. The molecule has 2 aliphatic heterocycles. The lowest BCUT2D eigenvalue weighted by Gasteiger charge is -2.33. The van der Waals surface area contributed by atoms with Crippen LogP contribution in [0.4, 0.5) is 10.5 Å². The van der Waals surface area contributed by atoms with Gasteiger partial charge in [0.05, 0.1) is 13.7 Å². The Bertz CT molecular complexity index is 803. The minimum atomic E-state index is -1.44. The zero-order chi connectivity index (χ0) is 20.0. The van der Waals surface area contributed by atoms with Crippen LogP contribution in [-0.4, -0.2) is 58.8 Å². The second kappa shape index (κ2) is 6.40. The molecule has 146 valence electrons. The smallest absolute Gasteiger partial charge is 0.411 e. The molecule has 1 aromatic rings. The first-order chi connectivity index (χ1) is 12.5. The van der Waals surface area contributed by atoms with Gasteiger partial charge in [-0.1, -0.05) is 0 Å². The Morgan fingerprint density at radius 2 is 2.07 bits per heavy atom. The van der Waals surface area contributed by atoms with Crippen LogP contribution in [0.25, 0.3) is 0 Å². The number of amides is 2. The van der Waals surface area contributed by atoms with Gasteiger partial charge in [-0.3, -0.25) is 9.69 Å². The SMILES string of the molecule is COC(=O)[C@@H]1CC2(CN1C(=O)OC(C)(C)C)Oc1nc(C)ccc1NC2=O. The first kappa shape index (κ1) is 18.9. The molecule has 2 aliphatic rings. The van der Waals surface area contributed by atoms with E-state index in [9.17, 15) is 14.4 Å². The van der Waals surface area contributed by atoms with Crippen molar-refractivity contribution in [3.8, 4) is 5.88 Å². The van der Waals surface area contributed by atoms with Crippen molar-refractivity contribution in [2.24, 2.45) is 0 Å². The fraction of sp³-hybridized carbons (Fsp3) is 0.556. The van der Waals surface area contributed by atoms with E-state index in [1.807, 2.05) is 0 Å². The first-order valence-corrected chi connectivity index (χ1v) is 8.60. The van der Waals surface area contributed by atoms with E-state index in [-0.39, 0.29) is 18.8 Å². The second-order valence-corrected chi connectivity index (χ2v) is 7.71. The van der Waals surface area contributed by atoms with Gasteiger partial charge in [0, 0.05) is 12.1 Å². The Hall–Kier alpha value is -2.84. The van der Waals surface area contributed by atoms with E-state index in [1.54, 1.807) is 39.8 Å². The zero-order valence-electron chi connectivity index (χ0n) is 16.0. The Morgan fingerprint density at radius 3 is 2.70 bits per heavy atom. The van der Waals surface area contributed by atoms with Crippen LogP contribution in [0.5, 0.6) is 5.88 Å². The van der Waals surface area contributed by atoms with Gasteiger partial charge in [-0.15, -0.1) is 0 Å². The van der Waals surface area contributed by atoms with Crippen molar-refractivity contribution in [2.75, 3.05) is 19.0 Å². The van der Waals surface area contributed by atoms with Crippen LogP contribution in [0.3, 0.4) is 0 Å². The van der Waals surface area contributed by atoms with E-state index in [2.05, 4.69) is 10.3 Å². The summed E-state index contributed by atoms with van der Waals surface area (Å²) in [7, 11) is 1.22. The number of nitrogens with zero attached hydrogens (tertiary/aromatic N) is 2. The van der Waals surface area contributed by atoms with Crippen molar-refractivity contribution in [1.29, 1.82) is 0 Å². The second-order valence-electron chi connectivity index (χ2n) is 7.71. The number of ether oxygens (including phenoxy) is 3. The fourth-order valence-electron chi connectivity index (χ4n) is 3.14. The topological polar surface area (TPSA) is 107 Å². The molecule has 9 heteroatoms. The van der Waals surface area contributed by atoms with Crippen molar-refractivity contribution >= 4 is 23.7 Å². The fourth-order valence-corrected chi connectivity index (χ4v) is 3.14. The Kier molecular flexibility index (Phi) is 4.49. The average molecular weight is 377 g/mol. The van der Waals surface area contributed by atoms with Gasteiger partial charge in [0.1, 0.15) is 17.3 Å². The molecule has 3 rings (SSSR count). The van der Waals surface area contributed by atoms with Gasteiger partial charge in [-0.2, -0.15) is 0 Å². The molecule has 0 bridgehead atoms. The van der Waals surface area contributed by atoms with Crippen LogP contribution in [0.15, 0.2) is 12.1 Å². The summed E-state index contributed by atoms with van der Waals surface area (Å²) in [5, 5.41) is 2.75. The van der Waals surface area contributed by atoms with E-state index >= 15 is 0 Å². The predicted molar refractivity (Wildman–Crippen MR) is 94.3 cm³/mol. The molecule has 3 heterocycles. The van der Waals surface area contributed by atoms with E-state index in [0.29, 0.717) is 11.4 Å². The molecule has 27 heavy (non-hydrogen) atoms. The number of aryl methyl sites for hydroxylation is 1. The molecule has 1 unspecified atom stereocenters. The number of hydrogen-bond acceptors (Lipinski definition) is 7. The molecule has 1 saturated heterocycles. The number of methoxy groups -OCH3 is 1. The average Bonchev–Trinajstić information content (AvgIpc) is 2.95. The van der Waals surface area contributed by atoms with Gasteiger partial charge in [0.2, 0.25) is 11.5 Å². The number of esters is 1. The minimum absolute atomic E-state index is 0.0557. The van der Waals surface area contributed by atoms with Gasteiger partial charge in [-0.05, 0) is 39.8 Å². The highest BCUT2D eigenvalue weighted by molar-refractivity contribution is 6.02. The standard InChI is InChI=1S/C18H23N3O6/c1-10-6-7-11-13(19-10)26-18(15(23)20-11)8-12(14(22)25-5)21(9-18)16(24)27-17(2,3)4/h6-7,12H,8-9H2,1-5H3,(H,20,23)/t12-,18?/m0/s1. The predicted octanol–water partition coefficient (Wildman–Crippen LogP) is 1.64. The largest absolute Gasteiger partial charge is 0.467 e. The minimum Gasteiger partial charge on any atom is -0.467 e. The van der Waals surface area contributed by atoms with Crippen molar-refractivity contribution in [2.45, 2.75) is 51.4 Å². The summed E-state index contributed by atoms with van der Waals surface area (Å²) in [6.45, 7) is 6.80. The Labute approximate surface area is 157 Å². The summed E-state index contributed by atoms with van der Waals surface area (Å²) in [6.07, 6.45) is -0.769. The number of likely N-dealkylation sites (tertiary alicyclic amines) is 1. The normalized spacial score (nSPS) is 24.1. The molecule has 1 aromatic heterocycles. The Morgan fingerprint density at radius 1 is 1.37 bits per heavy atom. The van der Waals surface area contributed by atoms with E-state index in [4.69, 9.17) is 14.2 Å². The molecule has 0 aliphatic carbocycles. The lowest BCUT2D eigenvalue weighted by atomic mass is 9.97. The number of carbonyl (C=O) groups excluding carboxylic acids is 3. The maximum Gasteiger partial charge on any atom is 0.411 e. The number of pyridine rings is 1. The summed E-state index contributed by atoms with van der Waals surface area (Å²) in [4.78, 5) is 43.1. The van der Waals surface area contributed by atoms with Crippen LogP contribution in [0.1, 0.15) is 32.9 Å². The quantitative estimate of drug-likeness (QED) is 0.741. The van der Waals surface area contributed by atoms with Gasteiger partial charge in [-0.25, -0.2) is 14.6 Å². The summed E-state index contributed by atoms with van der Waals surface area (Å²) in [5.74, 6) is -0.831. The molecule has 0 radical (unpaired) electrons. The van der Waals surface area contributed by atoms with Crippen LogP contribution in [0, 0.1) is 6.92 Å². The first-order valence-electron chi connectivity index (χ1n) is 8.60. The van der Waals surface area contributed by atoms with Crippen molar-refractivity contribution in [3.63, 3.8) is 0 Å². The van der Waals surface area contributed by atoms with Crippen LogP contribution in [0.2, 0.25) is 0 Å². The highest BCUT2D eigenvalue weighted by Crippen LogP contribution is 2.40. The van der Waals surface area contributed by atoms with Crippen LogP contribution >= 0.6 is 0 Å². The summed E-state index contributed by atoms with van der Waals surface area (Å²) >= 11 is 0. The zero-order valence-corrected chi connectivity index (χ0v) is 16.0. The lowest BCUT2D eigenvalue weighted by Crippen LogP contribution is -2.53. The highest BCUT2D eigenvalue weighted by atomic mass is 16.6. The van der Waals surface area contributed by atoms with Crippen LogP contribution < -0.4 is 10.1 Å². The van der Waals surface area contributed by atoms with E-state index in [0.717, 1.165) is 0 Å². The van der Waals surface area contributed by atoms with Crippen molar-refractivity contribution in [3.05, 3.63) is 17.8 Å². The molecule has 2 atom stereocenters. The van der Waals surface area contributed by atoms with Gasteiger partial charge in [0.15, 0.2) is 0 Å². The highest BCUT2D eigenvalue weighted by Gasteiger charge is 2.58. The molecular weight excluding hydrogens is 354 g/mol. The maximum absolute atomic E-state index is 12.8. The molecule has 1 fully saturated rings. The summed E-state index contributed by atoms with van der Waals surface area (Å²) in [6, 6.07) is 2.45. The van der Waals surface area contributed by atoms with Gasteiger partial charge in [0.25, 0.3) is 5.91 Å². The molecule has 0 aromatic carbocycles. The van der Waals surface area contributed by atoms with Gasteiger partial charge >= 0.3 is 12.1 Å².